The van der Waals surface area contributed by atoms with Crippen LogP contribution in [-0.2, 0) is 11.2 Å². The first-order chi connectivity index (χ1) is 13.0. The molecular weight excluding hydrogens is 340 g/mol. The van der Waals surface area contributed by atoms with Crippen molar-refractivity contribution in [3.8, 4) is 17.6 Å². The fourth-order valence-electron chi connectivity index (χ4n) is 2.50. The van der Waals surface area contributed by atoms with Crippen molar-refractivity contribution in [2.75, 3.05) is 13.7 Å². The number of nitrogens with one attached hydrogen (secondary N) is 1. The van der Waals surface area contributed by atoms with Gasteiger partial charge < -0.3 is 14.8 Å². The molecule has 0 radical (unpaired) electrons. The zero-order valence-electron chi connectivity index (χ0n) is 15.9. The van der Waals surface area contributed by atoms with Crippen LogP contribution in [0, 0.1) is 11.3 Å². The van der Waals surface area contributed by atoms with E-state index in [1.54, 1.807) is 31.4 Å². The average molecular weight is 364 g/mol. The maximum absolute atomic E-state index is 12.3. The van der Waals surface area contributed by atoms with Crippen LogP contribution in [0.2, 0.25) is 0 Å². The zero-order chi connectivity index (χ0) is 19.6. The third-order valence-electron chi connectivity index (χ3n) is 3.77. The lowest BCUT2D eigenvalue weighted by atomic mass is 10.1. The van der Waals surface area contributed by atoms with E-state index in [4.69, 9.17) is 9.47 Å². The van der Waals surface area contributed by atoms with Gasteiger partial charge in [-0.2, -0.15) is 5.26 Å². The molecule has 0 heterocycles. The van der Waals surface area contributed by atoms with Gasteiger partial charge in [-0.25, -0.2) is 0 Å². The molecule has 0 saturated heterocycles. The summed E-state index contributed by atoms with van der Waals surface area (Å²) in [6.07, 6.45) is 2.27. The standard InChI is InChI=1S/C22H24N2O3/c1-16(2)27-20-10-9-18(14-21(20)26-3)13-19(15-23)22(25)24-12-11-17-7-5-4-6-8-17/h4-10,13-14,16H,11-12H2,1-3H3,(H,24,25)/b19-13+. The monoisotopic (exact) mass is 364 g/mol. The third-order valence-corrected chi connectivity index (χ3v) is 3.77. The van der Waals surface area contributed by atoms with E-state index in [1.807, 2.05) is 50.2 Å². The topological polar surface area (TPSA) is 71.3 Å². The minimum atomic E-state index is -0.394. The summed E-state index contributed by atoms with van der Waals surface area (Å²) in [5, 5.41) is 12.1. The first-order valence-corrected chi connectivity index (χ1v) is 8.82. The number of hydrogen-bond donors (Lipinski definition) is 1. The van der Waals surface area contributed by atoms with Crippen molar-refractivity contribution in [2.24, 2.45) is 0 Å². The van der Waals surface area contributed by atoms with E-state index < -0.39 is 5.91 Å². The third kappa shape index (κ3) is 6.19. The molecular formula is C22H24N2O3. The highest BCUT2D eigenvalue weighted by atomic mass is 16.5. The first-order valence-electron chi connectivity index (χ1n) is 8.82. The van der Waals surface area contributed by atoms with Crippen molar-refractivity contribution in [1.29, 1.82) is 5.26 Å². The van der Waals surface area contributed by atoms with Crippen LogP contribution in [0.4, 0.5) is 0 Å². The van der Waals surface area contributed by atoms with Gasteiger partial charge in [-0.05, 0) is 49.6 Å². The molecule has 0 bridgehead atoms. The molecule has 0 saturated carbocycles. The maximum atomic E-state index is 12.3. The highest BCUT2D eigenvalue weighted by molar-refractivity contribution is 6.01. The summed E-state index contributed by atoms with van der Waals surface area (Å²) in [7, 11) is 1.55. The van der Waals surface area contributed by atoms with Crippen molar-refractivity contribution in [3.05, 3.63) is 65.2 Å². The van der Waals surface area contributed by atoms with Gasteiger partial charge in [0, 0.05) is 6.54 Å². The number of rotatable bonds is 8. The molecule has 1 N–H and O–H groups in total. The molecule has 0 atom stereocenters. The van der Waals surface area contributed by atoms with Gasteiger partial charge in [0.15, 0.2) is 11.5 Å². The van der Waals surface area contributed by atoms with Crippen LogP contribution < -0.4 is 14.8 Å². The Hall–Kier alpha value is -3.26. The van der Waals surface area contributed by atoms with E-state index in [0.717, 1.165) is 5.56 Å². The summed E-state index contributed by atoms with van der Waals surface area (Å²) in [6, 6.07) is 17.1. The minimum absolute atomic E-state index is 0.0188. The summed E-state index contributed by atoms with van der Waals surface area (Å²) < 4.78 is 11.0. The fourth-order valence-corrected chi connectivity index (χ4v) is 2.50. The number of amides is 1. The largest absolute Gasteiger partial charge is 0.493 e. The SMILES string of the molecule is COc1cc(/C=C(\C#N)C(=O)NCCc2ccccc2)ccc1OC(C)C. The van der Waals surface area contributed by atoms with E-state index in [0.29, 0.717) is 30.0 Å². The van der Waals surface area contributed by atoms with Crippen LogP contribution in [0.15, 0.2) is 54.1 Å². The molecule has 2 aromatic rings. The molecule has 0 aliphatic carbocycles. The van der Waals surface area contributed by atoms with Gasteiger partial charge in [-0.3, -0.25) is 4.79 Å². The second kappa shape index (κ2) is 10.0. The molecule has 2 aromatic carbocycles. The van der Waals surface area contributed by atoms with Crippen molar-refractivity contribution in [1.82, 2.24) is 5.32 Å². The molecule has 0 aliphatic heterocycles. The summed E-state index contributed by atoms with van der Waals surface area (Å²) in [4.78, 5) is 12.3. The predicted octanol–water partition coefficient (Wildman–Crippen LogP) is 3.75. The number of nitrogens with zero attached hydrogens (tertiary/aromatic N) is 1. The molecule has 0 unspecified atom stereocenters. The molecule has 0 aliphatic rings. The van der Waals surface area contributed by atoms with Crippen molar-refractivity contribution in [2.45, 2.75) is 26.4 Å². The number of carbonyl (C=O) groups is 1. The van der Waals surface area contributed by atoms with Gasteiger partial charge >= 0.3 is 0 Å². The Labute approximate surface area is 160 Å². The Balaban J connectivity index is 2.05. The molecule has 27 heavy (non-hydrogen) atoms. The number of carbonyl (C=O) groups excluding carboxylic acids is 1. The van der Waals surface area contributed by atoms with E-state index in [2.05, 4.69) is 5.32 Å². The second-order valence-corrected chi connectivity index (χ2v) is 6.24. The van der Waals surface area contributed by atoms with Crippen molar-refractivity contribution >= 4 is 12.0 Å². The molecule has 0 aromatic heterocycles. The van der Waals surface area contributed by atoms with Gasteiger partial charge in [0.25, 0.3) is 5.91 Å². The van der Waals surface area contributed by atoms with Gasteiger partial charge in [0.1, 0.15) is 11.6 Å². The fraction of sp³-hybridized carbons (Fsp3) is 0.273. The molecule has 2 rings (SSSR count). The highest BCUT2D eigenvalue weighted by Gasteiger charge is 2.11. The van der Waals surface area contributed by atoms with Crippen LogP contribution in [0.25, 0.3) is 6.08 Å². The van der Waals surface area contributed by atoms with E-state index in [9.17, 15) is 10.1 Å². The van der Waals surface area contributed by atoms with Crippen LogP contribution in [-0.4, -0.2) is 25.7 Å². The lowest BCUT2D eigenvalue weighted by molar-refractivity contribution is -0.117. The normalized spacial score (nSPS) is 11.0. The van der Waals surface area contributed by atoms with Crippen LogP contribution in [0.3, 0.4) is 0 Å². The Morgan fingerprint density at radius 3 is 2.56 bits per heavy atom. The Bertz CT molecular complexity index is 836. The molecule has 140 valence electrons. The second-order valence-electron chi connectivity index (χ2n) is 6.24. The van der Waals surface area contributed by atoms with Gasteiger partial charge in [0.05, 0.1) is 13.2 Å². The zero-order valence-corrected chi connectivity index (χ0v) is 15.9. The minimum Gasteiger partial charge on any atom is -0.493 e. The summed E-state index contributed by atoms with van der Waals surface area (Å²) in [6.45, 7) is 4.33. The Morgan fingerprint density at radius 1 is 1.19 bits per heavy atom. The molecule has 5 heteroatoms. The summed E-state index contributed by atoms with van der Waals surface area (Å²) in [5.41, 5.74) is 1.87. The smallest absolute Gasteiger partial charge is 0.261 e. The number of benzene rings is 2. The van der Waals surface area contributed by atoms with E-state index in [1.165, 1.54) is 0 Å². The van der Waals surface area contributed by atoms with E-state index >= 15 is 0 Å². The van der Waals surface area contributed by atoms with Gasteiger partial charge in [-0.15, -0.1) is 0 Å². The molecule has 0 spiro atoms. The number of ether oxygens (including phenoxy) is 2. The predicted molar refractivity (Wildman–Crippen MR) is 106 cm³/mol. The molecule has 1 amide bonds. The quantitative estimate of drug-likeness (QED) is 0.572. The van der Waals surface area contributed by atoms with Crippen LogP contribution in [0.1, 0.15) is 25.0 Å². The average Bonchev–Trinajstić information content (AvgIpc) is 2.67. The van der Waals surface area contributed by atoms with Crippen LogP contribution in [0.5, 0.6) is 11.5 Å². The molecule has 5 nitrogen and oxygen atoms in total. The van der Waals surface area contributed by atoms with Crippen LogP contribution >= 0.6 is 0 Å². The highest BCUT2D eigenvalue weighted by Crippen LogP contribution is 2.29. The Kier molecular flexibility index (Phi) is 7.45. The van der Waals surface area contributed by atoms with Gasteiger partial charge in [-0.1, -0.05) is 36.4 Å². The summed E-state index contributed by atoms with van der Waals surface area (Å²) >= 11 is 0. The molecule has 0 fully saturated rings. The Morgan fingerprint density at radius 2 is 1.93 bits per heavy atom. The number of hydrogen-bond acceptors (Lipinski definition) is 4. The lowest BCUT2D eigenvalue weighted by Crippen LogP contribution is -2.26. The van der Waals surface area contributed by atoms with Gasteiger partial charge in [0.2, 0.25) is 0 Å². The number of nitriles is 1. The summed E-state index contributed by atoms with van der Waals surface area (Å²) in [5.74, 6) is 0.782. The van der Waals surface area contributed by atoms with Crippen molar-refractivity contribution < 1.29 is 14.3 Å². The lowest BCUT2D eigenvalue weighted by Gasteiger charge is -2.13. The van der Waals surface area contributed by atoms with Crippen molar-refractivity contribution in [3.63, 3.8) is 0 Å². The maximum Gasteiger partial charge on any atom is 0.261 e. The number of methoxy groups -OCH3 is 1. The van der Waals surface area contributed by atoms with E-state index in [-0.39, 0.29) is 11.7 Å². The first kappa shape index (κ1) is 20.1.